The average molecular weight is 547 g/mol. The monoisotopic (exact) mass is 546 g/mol. The lowest BCUT2D eigenvalue weighted by Gasteiger charge is -2.34. The quantitative estimate of drug-likeness (QED) is 0.430. The highest BCUT2D eigenvalue weighted by Gasteiger charge is 2.40. The Morgan fingerprint density at radius 1 is 1.08 bits per heavy atom. The molecule has 1 saturated heterocycles. The number of carbonyl (C=O) groups is 1. The summed E-state index contributed by atoms with van der Waals surface area (Å²) in [4.78, 5) is 14.8. The van der Waals surface area contributed by atoms with E-state index in [0.717, 1.165) is 17.7 Å². The molecule has 0 spiro atoms. The van der Waals surface area contributed by atoms with Gasteiger partial charge in [0.05, 0.1) is 25.9 Å². The highest BCUT2D eigenvalue weighted by Crippen LogP contribution is 2.39. The lowest BCUT2D eigenvalue weighted by molar-refractivity contribution is -0.0197. The zero-order valence-electron chi connectivity index (χ0n) is 23.2. The number of ether oxygens (including phenoxy) is 3. The molecule has 214 valence electrons. The van der Waals surface area contributed by atoms with E-state index in [9.17, 15) is 18.7 Å². The first kappa shape index (κ1) is 29.1. The van der Waals surface area contributed by atoms with Gasteiger partial charge in [-0.2, -0.15) is 0 Å². The van der Waals surface area contributed by atoms with Gasteiger partial charge >= 0.3 is 6.09 Å². The predicted molar refractivity (Wildman–Crippen MR) is 144 cm³/mol. The van der Waals surface area contributed by atoms with Crippen molar-refractivity contribution in [3.8, 4) is 11.5 Å². The molecule has 1 aliphatic carbocycles. The lowest BCUT2D eigenvalue weighted by Crippen LogP contribution is -2.49. The first-order valence-corrected chi connectivity index (χ1v) is 13.7. The van der Waals surface area contributed by atoms with Crippen LogP contribution in [-0.2, 0) is 16.0 Å². The molecule has 0 bridgehead atoms. The second-order valence-electron chi connectivity index (χ2n) is 11.5. The van der Waals surface area contributed by atoms with Crippen LogP contribution < -0.4 is 10.1 Å². The van der Waals surface area contributed by atoms with Gasteiger partial charge in [-0.15, -0.1) is 0 Å². The molecule has 1 aliphatic heterocycles. The van der Waals surface area contributed by atoms with Gasteiger partial charge in [0, 0.05) is 30.8 Å². The Bertz CT molecular complexity index is 1110. The van der Waals surface area contributed by atoms with E-state index in [4.69, 9.17) is 14.2 Å². The minimum atomic E-state index is -0.931. The van der Waals surface area contributed by atoms with Crippen molar-refractivity contribution in [1.82, 2.24) is 10.2 Å². The lowest BCUT2D eigenvalue weighted by atomic mass is 9.82. The van der Waals surface area contributed by atoms with Gasteiger partial charge in [0.15, 0.2) is 11.6 Å². The van der Waals surface area contributed by atoms with Gasteiger partial charge in [0.2, 0.25) is 0 Å². The number of likely N-dealkylation sites (tertiary alicyclic amines) is 1. The van der Waals surface area contributed by atoms with E-state index in [-0.39, 0.29) is 30.2 Å². The average Bonchev–Trinajstić information content (AvgIpc) is 3.31. The number of hydrogen-bond acceptors (Lipinski definition) is 6. The second kappa shape index (κ2) is 12.5. The predicted octanol–water partition coefficient (Wildman–Crippen LogP) is 5.89. The van der Waals surface area contributed by atoms with Crippen molar-refractivity contribution in [2.45, 2.75) is 89.1 Å². The fourth-order valence-corrected chi connectivity index (χ4v) is 5.51. The third kappa shape index (κ3) is 7.60. The number of methoxy groups -OCH3 is 1. The van der Waals surface area contributed by atoms with E-state index in [2.05, 4.69) is 5.32 Å². The smallest absolute Gasteiger partial charge is 0.410 e. The summed E-state index contributed by atoms with van der Waals surface area (Å²) < 4.78 is 44.8. The number of amides is 1. The second-order valence-corrected chi connectivity index (χ2v) is 11.5. The number of rotatable bonds is 8. The van der Waals surface area contributed by atoms with Crippen LogP contribution in [-0.4, -0.2) is 60.1 Å². The maximum atomic E-state index is 13.8. The molecule has 2 aromatic rings. The summed E-state index contributed by atoms with van der Waals surface area (Å²) in [6, 6.07) is 9.63. The molecule has 0 aromatic heterocycles. The van der Waals surface area contributed by atoms with Crippen LogP contribution in [0.1, 0.15) is 69.9 Å². The van der Waals surface area contributed by atoms with Gasteiger partial charge in [0.1, 0.15) is 17.2 Å². The van der Waals surface area contributed by atoms with Crippen molar-refractivity contribution in [3.63, 3.8) is 0 Å². The van der Waals surface area contributed by atoms with E-state index >= 15 is 0 Å². The highest BCUT2D eigenvalue weighted by molar-refractivity contribution is 5.69. The van der Waals surface area contributed by atoms with Gasteiger partial charge in [-0.05, 0) is 82.6 Å². The number of halogens is 2. The molecular formula is C30H40F2N2O5. The third-order valence-corrected chi connectivity index (χ3v) is 7.58. The number of benzene rings is 2. The first-order chi connectivity index (χ1) is 18.5. The van der Waals surface area contributed by atoms with Crippen LogP contribution >= 0.6 is 0 Å². The van der Waals surface area contributed by atoms with Gasteiger partial charge in [-0.1, -0.05) is 12.1 Å². The van der Waals surface area contributed by atoms with E-state index in [1.807, 2.05) is 45.0 Å². The fraction of sp³-hybridized carbons (Fsp3) is 0.567. The Hall–Kier alpha value is -2.91. The number of nitrogens with one attached hydrogen (secondary N) is 1. The minimum absolute atomic E-state index is 0.0307. The molecule has 1 amide bonds. The van der Waals surface area contributed by atoms with Crippen LogP contribution in [0, 0.1) is 11.6 Å². The Morgan fingerprint density at radius 2 is 1.77 bits per heavy atom. The van der Waals surface area contributed by atoms with Gasteiger partial charge in [0.25, 0.3) is 0 Å². The van der Waals surface area contributed by atoms with Crippen molar-refractivity contribution < 1.29 is 32.9 Å². The Kier molecular flexibility index (Phi) is 9.33. The summed E-state index contributed by atoms with van der Waals surface area (Å²) >= 11 is 0. The number of nitrogens with zero attached hydrogens (tertiary/aromatic N) is 1. The van der Waals surface area contributed by atoms with Crippen molar-refractivity contribution >= 4 is 6.09 Å². The molecule has 0 unspecified atom stereocenters. The Morgan fingerprint density at radius 3 is 2.41 bits per heavy atom. The van der Waals surface area contributed by atoms with Crippen molar-refractivity contribution in [2.75, 3.05) is 20.3 Å². The van der Waals surface area contributed by atoms with Crippen molar-refractivity contribution in [2.24, 2.45) is 0 Å². The standard InChI is InChI=1S/C30H40F2N2O5/c1-30(2,3)39-29(36)34-14-13-26(33-17-19-5-9-22(37-4)10-6-19)27(34)18-38-23-11-7-20(8-12-23)24-15-21(31)16-25(32)28(24)35/h5-6,9-10,15-16,20,23,26-27,33,35H,7-8,11-14,17-18H2,1-4H3/t20?,23?,26-,27-/m0/s1. The van der Waals surface area contributed by atoms with Gasteiger partial charge in [-0.3, -0.25) is 0 Å². The topological polar surface area (TPSA) is 80.3 Å². The largest absolute Gasteiger partial charge is 0.505 e. The summed E-state index contributed by atoms with van der Waals surface area (Å²) in [6.07, 6.45) is 3.10. The zero-order chi connectivity index (χ0) is 28.2. The molecule has 7 nitrogen and oxygen atoms in total. The molecule has 2 aliphatic rings. The number of phenolic OH excluding ortho intramolecular Hbond substituents is 1. The van der Waals surface area contributed by atoms with Crippen LogP contribution in [0.25, 0.3) is 0 Å². The van der Waals surface area contributed by atoms with E-state index in [1.165, 1.54) is 6.07 Å². The highest BCUT2D eigenvalue weighted by atomic mass is 19.1. The van der Waals surface area contributed by atoms with Crippen LogP contribution in [0.3, 0.4) is 0 Å². The van der Waals surface area contributed by atoms with E-state index < -0.39 is 23.0 Å². The summed E-state index contributed by atoms with van der Waals surface area (Å²) in [7, 11) is 1.64. The zero-order valence-corrected chi connectivity index (χ0v) is 23.2. The molecule has 1 heterocycles. The van der Waals surface area contributed by atoms with Crippen LogP contribution in [0.15, 0.2) is 36.4 Å². The van der Waals surface area contributed by atoms with Crippen LogP contribution in [0.2, 0.25) is 0 Å². The van der Waals surface area contributed by atoms with E-state index in [0.29, 0.717) is 57.0 Å². The van der Waals surface area contributed by atoms with Crippen LogP contribution in [0.5, 0.6) is 11.5 Å². The Labute approximate surface area is 229 Å². The number of carbonyl (C=O) groups excluding carboxylic acids is 1. The molecule has 39 heavy (non-hydrogen) atoms. The summed E-state index contributed by atoms with van der Waals surface area (Å²) in [5.41, 5.74) is 0.833. The molecule has 0 radical (unpaired) electrons. The molecule has 2 aromatic carbocycles. The summed E-state index contributed by atoms with van der Waals surface area (Å²) in [5.74, 6) is -1.41. The number of phenols is 1. The minimum Gasteiger partial charge on any atom is -0.505 e. The first-order valence-electron chi connectivity index (χ1n) is 13.7. The fourth-order valence-electron chi connectivity index (χ4n) is 5.51. The molecule has 2 fully saturated rings. The molecule has 1 saturated carbocycles. The van der Waals surface area contributed by atoms with E-state index in [1.54, 1.807) is 12.0 Å². The molecular weight excluding hydrogens is 506 g/mol. The molecule has 2 N–H and O–H groups in total. The SMILES string of the molecule is COc1ccc(CN[C@H]2CCN(C(=O)OC(C)(C)C)[C@H]2COC2CCC(c3cc(F)cc(F)c3O)CC2)cc1. The third-order valence-electron chi connectivity index (χ3n) is 7.58. The summed E-state index contributed by atoms with van der Waals surface area (Å²) in [6.45, 7) is 7.13. The normalized spacial score (nSPS) is 23.6. The number of hydrogen-bond donors (Lipinski definition) is 2. The van der Waals surface area contributed by atoms with Crippen molar-refractivity contribution in [1.29, 1.82) is 0 Å². The maximum Gasteiger partial charge on any atom is 0.410 e. The number of aromatic hydroxyl groups is 1. The maximum absolute atomic E-state index is 13.8. The van der Waals surface area contributed by atoms with Gasteiger partial charge in [-0.25, -0.2) is 13.6 Å². The molecule has 2 atom stereocenters. The summed E-state index contributed by atoms with van der Waals surface area (Å²) in [5, 5.41) is 13.7. The molecule has 9 heteroatoms. The Balaban J connectivity index is 1.37. The van der Waals surface area contributed by atoms with Gasteiger partial charge < -0.3 is 29.5 Å². The van der Waals surface area contributed by atoms with Crippen LogP contribution in [0.4, 0.5) is 13.6 Å². The molecule has 4 rings (SSSR count). The van der Waals surface area contributed by atoms with Crippen molar-refractivity contribution in [3.05, 3.63) is 59.2 Å².